The van der Waals surface area contributed by atoms with Crippen molar-refractivity contribution in [3.8, 4) is 5.75 Å². The number of rotatable bonds is 7. The largest absolute Gasteiger partial charge is 0.488 e. The lowest BCUT2D eigenvalue weighted by molar-refractivity contribution is 0.0697. The molecule has 28 heavy (non-hydrogen) atoms. The van der Waals surface area contributed by atoms with E-state index in [1.54, 1.807) is 30.3 Å². The van der Waals surface area contributed by atoms with Crippen molar-refractivity contribution in [2.24, 2.45) is 0 Å². The van der Waals surface area contributed by atoms with E-state index in [0.29, 0.717) is 23.2 Å². The van der Waals surface area contributed by atoms with Crippen LogP contribution in [0.2, 0.25) is 10.0 Å². The Bertz CT molecular complexity index is 1000. The van der Waals surface area contributed by atoms with Crippen LogP contribution in [-0.2, 0) is 13.2 Å². The monoisotopic (exact) mass is 415 g/mol. The maximum atomic E-state index is 11.2. The van der Waals surface area contributed by atoms with E-state index in [1.165, 1.54) is 0 Å². The SMILES string of the molecule is Cc1ccc(C(=O)O)cc1NCc1ccccc1OCc1ccc(Cl)cc1Cl. The third kappa shape index (κ3) is 4.97. The van der Waals surface area contributed by atoms with Crippen molar-refractivity contribution in [2.45, 2.75) is 20.1 Å². The highest BCUT2D eigenvalue weighted by molar-refractivity contribution is 6.35. The molecular formula is C22H19Cl2NO3. The van der Waals surface area contributed by atoms with E-state index in [-0.39, 0.29) is 5.56 Å². The first kappa shape index (κ1) is 20.1. The van der Waals surface area contributed by atoms with Gasteiger partial charge in [0.1, 0.15) is 12.4 Å². The molecule has 0 aliphatic carbocycles. The normalized spacial score (nSPS) is 10.5. The predicted octanol–water partition coefficient (Wildman–Crippen LogP) is 6.19. The lowest BCUT2D eigenvalue weighted by atomic mass is 10.1. The van der Waals surface area contributed by atoms with Crippen LogP contribution in [0.25, 0.3) is 0 Å². The number of carboxylic acid groups (broad SMARTS) is 1. The van der Waals surface area contributed by atoms with Gasteiger partial charge in [-0.2, -0.15) is 0 Å². The summed E-state index contributed by atoms with van der Waals surface area (Å²) in [4.78, 5) is 11.2. The number of aromatic carboxylic acids is 1. The second kappa shape index (κ2) is 9.00. The van der Waals surface area contributed by atoms with Gasteiger partial charge in [-0.1, -0.05) is 53.5 Å². The molecule has 3 aromatic rings. The Hall–Kier alpha value is -2.69. The fourth-order valence-electron chi connectivity index (χ4n) is 2.72. The molecule has 0 bridgehead atoms. The molecule has 0 aliphatic rings. The Labute approximate surface area is 173 Å². The van der Waals surface area contributed by atoms with E-state index < -0.39 is 5.97 Å². The zero-order valence-corrected chi connectivity index (χ0v) is 16.7. The fourth-order valence-corrected chi connectivity index (χ4v) is 3.18. The van der Waals surface area contributed by atoms with Crippen LogP contribution in [0.3, 0.4) is 0 Å². The van der Waals surface area contributed by atoms with Crippen molar-refractivity contribution < 1.29 is 14.6 Å². The number of hydrogen-bond donors (Lipinski definition) is 2. The molecule has 3 aromatic carbocycles. The van der Waals surface area contributed by atoms with Gasteiger partial charge in [0.2, 0.25) is 0 Å². The summed E-state index contributed by atoms with van der Waals surface area (Å²) in [5.74, 6) is -0.223. The summed E-state index contributed by atoms with van der Waals surface area (Å²) in [6.45, 7) is 2.74. The van der Waals surface area contributed by atoms with Crippen LogP contribution in [0.5, 0.6) is 5.75 Å². The molecule has 0 radical (unpaired) electrons. The number of carboxylic acids is 1. The summed E-state index contributed by atoms with van der Waals surface area (Å²) in [5.41, 5.74) is 3.79. The van der Waals surface area contributed by atoms with Crippen LogP contribution < -0.4 is 10.1 Å². The first-order valence-corrected chi connectivity index (χ1v) is 9.42. The molecule has 6 heteroatoms. The Morgan fingerprint density at radius 1 is 1.04 bits per heavy atom. The van der Waals surface area contributed by atoms with E-state index >= 15 is 0 Å². The van der Waals surface area contributed by atoms with Crippen LogP contribution in [-0.4, -0.2) is 11.1 Å². The number of anilines is 1. The highest BCUT2D eigenvalue weighted by atomic mass is 35.5. The van der Waals surface area contributed by atoms with E-state index in [9.17, 15) is 9.90 Å². The van der Waals surface area contributed by atoms with E-state index in [4.69, 9.17) is 27.9 Å². The number of nitrogens with one attached hydrogen (secondary N) is 1. The van der Waals surface area contributed by atoms with Crippen LogP contribution in [0.1, 0.15) is 27.0 Å². The lowest BCUT2D eigenvalue weighted by Crippen LogP contribution is -2.06. The second-order valence-electron chi connectivity index (χ2n) is 6.32. The minimum absolute atomic E-state index is 0.245. The molecule has 0 spiro atoms. The molecule has 0 fully saturated rings. The molecule has 0 atom stereocenters. The van der Waals surface area contributed by atoms with Crippen LogP contribution in [0.4, 0.5) is 5.69 Å². The summed E-state index contributed by atoms with van der Waals surface area (Å²) in [5, 5.41) is 13.6. The fraction of sp³-hybridized carbons (Fsp3) is 0.136. The summed E-state index contributed by atoms with van der Waals surface area (Å²) in [6, 6.07) is 18.0. The summed E-state index contributed by atoms with van der Waals surface area (Å²) in [7, 11) is 0. The van der Waals surface area contributed by atoms with Crippen LogP contribution in [0.15, 0.2) is 60.7 Å². The zero-order valence-electron chi connectivity index (χ0n) is 15.2. The Balaban J connectivity index is 1.72. The van der Waals surface area contributed by atoms with Gasteiger partial charge >= 0.3 is 5.97 Å². The van der Waals surface area contributed by atoms with Gasteiger partial charge in [-0.15, -0.1) is 0 Å². The van der Waals surface area contributed by atoms with Crippen molar-refractivity contribution in [2.75, 3.05) is 5.32 Å². The van der Waals surface area contributed by atoms with Gasteiger partial charge < -0.3 is 15.2 Å². The standard InChI is InChI=1S/C22H19Cl2NO3/c1-14-6-7-15(22(26)27)10-20(14)25-12-16-4-2-3-5-21(16)28-13-17-8-9-18(23)11-19(17)24/h2-11,25H,12-13H2,1H3,(H,26,27). The number of aryl methyl sites for hydroxylation is 1. The third-order valence-corrected chi connectivity index (χ3v) is 4.91. The molecule has 0 unspecified atom stereocenters. The van der Waals surface area contributed by atoms with Gasteiger partial charge in [0.05, 0.1) is 5.56 Å². The Kier molecular flexibility index (Phi) is 6.45. The number of halogens is 2. The maximum absolute atomic E-state index is 11.2. The first-order valence-electron chi connectivity index (χ1n) is 8.66. The Morgan fingerprint density at radius 3 is 2.57 bits per heavy atom. The molecule has 0 aromatic heterocycles. The van der Waals surface area contributed by atoms with E-state index in [1.807, 2.05) is 37.3 Å². The van der Waals surface area contributed by atoms with Crippen molar-refractivity contribution in [3.63, 3.8) is 0 Å². The van der Waals surface area contributed by atoms with Gasteiger partial charge in [-0.05, 0) is 42.8 Å². The number of hydrogen-bond acceptors (Lipinski definition) is 3. The third-order valence-electron chi connectivity index (χ3n) is 4.32. The molecule has 0 saturated heterocycles. The van der Waals surface area contributed by atoms with Crippen LogP contribution >= 0.6 is 23.2 Å². The number of carbonyl (C=O) groups is 1. The average molecular weight is 416 g/mol. The lowest BCUT2D eigenvalue weighted by Gasteiger charge is -2.15. The number of ether oxygens (including phenoxy) is 1. The summed E-state index contributed by atoms with van der Waals surface area (Å²) in [6.07, 6.45) is 0. The van der Waals surface area contributed by atoms with Crippen LogP contribution in [0, 0.1) is 6.92 Å². The van der Waals surface area contributed by atoms with Gasteiger partial charge in [-0.25, -0.2) is 4.79 Å². The van der Waals surface area contributed by atoms with Gasteiger partial charge in [0.25, 0.3) is 0 Å². The smallest absolute Gasteiger partial charge is 0.335 e. The van der Waals surface area contributed by atoms with Crippen molar-refractivity contribution in [1.82, 2.24) is 0 Å². The molecule has 4 nitrogen and oxygen atoms in total. The highest BCUT2D eigenvalue weighted by Crippen LogP contribution is 2.25. The van der Waals surface area contributed by atoms with Crippen molar-refractivity contribution >= 4 is 34.9 Å². The summed E-state index contributed by atoms with van der Waals surface area (Å²) >= 11 is 12.1. The number of para-hydroxylation sites is 1. The molecule has 0 heterocycles. The van der Waals surface area contributed by atoms with Crippen molar-refractivity contribution in [3.05, 3.63) is 93.0 Å². The molecule has 0 aliphatic heterocycles. The molecule has 144 valence electrons. The number of benzene rings is 3. The molecule has 3 rings (SSSR count). The second-order valence-corrected chi connectivity index (χ2v) is 7.16. The van der Waals surface area contributed by atoms with Gasteiger partial charge in [-0.3, -0.25) is 0 Å². The van der Waals surface area contributed by atoms with E-state index in [0.717, 1.165) is 28.1 Å². The quantitative estimate of drug-likeness (QED) is 0.482. The minimum Gasteiger partial charge on any atom is -0.488 e. The zero-order chi connectivity index (χ0) is 20.1. The Morgan fingerprint density at radius 2 is 1.82 bits per heavy atom. The minimum atomic E-state index is -0.952. The first-order chi connectivity index (χ1) is 13.4. The molecular weight excluding hydrogens is 397 g/mol. The molecule has 2 N–H and O–H groups in total. The van der Waals surface area contributed by atoms with Gasteiger partial charge in [0.15, 0.2) is 0 Å². The average Bonchev–Trinajstić information content (AvgIpc) is 2.67. The topological polar surface area (TPSA) is 58.6 Å². The van der Waals surface area contributed by atoms with Gasteiger partial charge in [0, 0.05) is 33.4 Å². The van der Waals surface area contributed by atoms with Crippen molar-refractivity contribution in [1.29, 1.82) is 0 Å². The van der Waals surface area contributed by atoms with E-state index in [2.05, 4.69) is 5.32 Å². The molecule has 0 amide bonds. The molecule has 0 saturated carbocycles. The predicted molar refractivity (Wildman–Crippen MR) is 113 cm³/mol. The summed E-state index contributed by atoms with van der Waals surface area (Å²) < 4.78 is 5.96. The maximum Gasteiger partial charge on any atom is 0.335 e. The highest BCUT2D eigenvalue weighted by Gasteiger charge is 2.09.